The second-order valence-corrected chi connectivity index (χ2v) is 7.18. The molecule has 1 fully saturated rings. The molecular formula is C17H23ClN4O3S. The van der Waals surface area contributed by atoms with Gasteiger partial charge in [-0.25, -0.2) is 4.98 Å². The molecular weight excluding hydrogens is 376 g/mol. The zero-order chi connectivity index (χ0) is 17.8. The number of nitrogens with one attached hydrogen (secondary N) is 2. The lowest BCUT2D eigenvalue weighted by atomic mass is 10.00. The topological polar surface area (TPSA) is 110 Å². The number of carbonyl (C=O) groups is 2. The number of halogens is 1. The van der Waals surface area contributed by atoms with Gasteiger partial charge < -0.3 is 20.8 Å². The summed E-state index contributed by atoms with van der Waals surface area (Å²) in [6.45, 7) is 1.79. The summed E-state index contributed by atoms with van der Waals surface area (Å²) in [7, 11) is 0. The van der Waals surface area contributed by atoms with E-state index in [1.165, 1.54) is 18.3 Å². The molecule has 2 heterocycles. The van der Waals surface area contributed by atoms with E-state index in [4.69, 9.17) is 10.2 Å². The summed E-state index contributed by atoms with van der Waals surface area (Å²) in [6.07, 6.45) is 3.55. The molecule has 0 saturated heterocycles. The zero-order valence-corrected chi connectivity index (χ0v) is 16.1. The van der Waals surface area contributed by atoms with Gasteiger partial charge in [0.25, 0.3) is 0 Å². The molecule has 1 saturated carbocycles. The maximum atomic E-state index is 12.1. The van der Waals surface area contributed by atoms with Gasteiger partial charge in [-0.05, 0) is 30.9 Å². The van der Waals surface area contributed by atoms with Crippen molar-refractivity contribution in [1.29, 1.82) is 0 Å². The van der Waals surface area contributed by atoms with Crippen molar-refractivity contribution < 1.29 is 14.0 Å². The highest BCUT2D eigenvalue weighted by Gasteiger charge is 2.26. The summed E-state index contributed by atoms with van der Waals surface area (Å²) in [5.74, 6) is 1.36. The first kappa shape index (κ1) is 20.4. The zero-order valence-electron chi connectivity index (χ0n) is 14.5. The van der Waals surface area contributed by atoms with Gasteiger partial charge in [0.05, 0.1) is 6.54 Å². The molecule has 2 atom stereocenters. The van der Waals surface area contributed by atoms with Gasteiger partial charge in [0, 0.05) is 24.8 Å². The fraction of sp³-hybridized carbons (Fsp3) is 0.471. The maximum Gasteiger partial charge on any atom is 0.226 e. The van der Waals surface area contributed by atoms with Gasteiger partial charge in [0.2, 0.25) is 11.8 Å². The van der Waals surface area contributed by atoms with Gasteiger partial charge in [0.15, 0.2) is 10.9 Å². The van der Waals surface area contributed by atoms with Gasteiger partial charge in [0.1, 0.15) is 11.5 Å². The molecule has 9 heteroatoms. The Morgan fingerprint density at radius 3 is 2.88 bits per heavy atom. The molecule has 0 aromatic carbocycles. The lowest BCUT2D eigenvalue weighted by Crippen LogP contribution is -2.28. The number of nitrogens with zero attached hydrogens (tertiary/aromatic N) is 1. The number of amides is 2. The highest BCUT2D eigenvalue weighted by Crippen LogP contribution is 2.29. The smallest absolute Gasteiger partial charge is 0.226 e. The number of aromatic nitrogens is 1. The summed E-state index contributed by atoms with van der Waals surface area (Å²) in [5.41, 5.74) is 6.67. The molecule has 0 unspecified atom stereocenters. The molecule has 3 rings (SSSR count). The minimum atomic E-state index is -0.112. The first-order valence-corrected chi connectivity index (χ1v) is 9.23. The monoisotopic (exact) mass is 398 g/mol. The van der Waals surface area contributed by atoms with Crippen molar-refractivity contribution in [3.05, 3.63) is 23.3 Å². The summed E-state index contributed by atoms with van der Waals surface area (Å²) in [5, 5.41) is 7.90. The highest BCUT2D eigenvalue weighted by molar-refractivity contribution is 7.14. The van der Waals surface area contributed by atoms with Crippen LogP contribution in [0.2, 0.25) is 0 Å². The number of hydrogen-bond acceptors (Lipinski definition) is 6. The van der Waals surface area contributed by atoms with Crippen molar-refractivity contribution in [1.82, 2.24) is 10.3 Å². The van der Waals surface area contributed by atoms with Crippen molar-refractivity contribution in [3.8, 4) is 11.5 Å². The number of nitrogens with two attached hydrogens (primary N) is 1. The van der Waals surface area contributed by atoms with Crippen LogP contribution < -0.4 is 16.4 Å². The first-order valence-electron chi connectivity index (χ1n) is 8.35. The van der Waals surface area contributed by atoms with Crippen LogP contribution in [-0.2, 0) is 16.1 Å². The van der Waals surface area contributed by atoms with Crippen LogP contribution in [-0.4, -0.2) is 22.8 Å². The van der Waals surface area contributed by atoms with Crippen molar-refractivity contribution in [3.63, 3.8) is 0 Å². The Hall–Kier alpha value is -1.90. The van der Waals surface area contributed by atoms with Crippen LogP contribution in [0.3, 0.4) is 0 Å². The number of furan rings is 1. The van der Waals surface area contributed by atoms with Crippen LogP contribution in [0.25, 0.3) is 11.5 Å². The molecule has 142 valence electrons. The van der Waals surface area contributed by atoms with E-state index in [0.29, 0.717) is 35.3 Å². The predicted octanol–water partition coefficient (Wildman–Crippen LogP) is 2.92. The third-order valence-corrected chi connectivity index (χ3v) is 5.10. The molecule has 2 aromatic rings. The highest BCUT2D eigenvalue weighted by atomic mass is 35.5. The normalized spacial score (nSPS) is 19.0. The average molecular weight is 399 g/mol. The van der Waals surface area contributed by atoms with Crippen LogP contribution in [0.1, 0.15) is 38.4 Å². The lowest BCUT2D eigenvalue weighted by molar-refractivity contribution is -0.119. The van der Waals surface area contributed by atoms with Crippen molar-refractivity contribution in [2.75, 3.05) is 5.32 Å². The van der Waals surface area contributed by atoms with E-state index < -0.39 is 0 Å². The molecule has 2 amide bonds. The van der Waals surface area contributed by atoms with Crippen LogP contribution >= 0.6 is 23.7 Å². The van der Waals surface area contributed by atoms with Crippen LogP contribution in [0.15, 0.2) is 21.9 Å². The Balaban J connectivity index is 0.00000243. The second kappa shape index (κ2) is 9.16. The lowest BCUT2D eigenvalue weighted by Gasteiger charge is -2.13. The summed E-state index contributed by atoms with van der Waals surface area (Å²) in [6, 6.07) is 3.72. The molecule has 2 aromatic heterocycles. The van der Waals surface area contributed by atoms with E-state index in [2.05, 4.69) is 15.6 Å². The Bertz CT molecular complexity index is 761. The molecule has 4 N–H and O–H groups in total. The predicted molar refractivity (Wildman–Crippen MR) is 103 cm³/mol. The largest absolute Gasteiger partial charge is 0.458 e. The van der Waals surface area contributed by atoms with Gasteiger partial charge in [-0.1, -0.05) is 6.42 Å². The third kappa shape index (κ3) is 5.30. The van der Waals surface area contributed by atoms with Gasteiger partial charge in [-0.2, -0.15) is 0 Å². The standard InChI is InChI=1S/C17H22N4O3S.ClH/c1-10(22)19-8-12-5-6-15(24-12)14-9-25-17(20-14)21-16(23)7-11-3-2-4-13(11)18;/h5-6,9,11,13H,2-4,7-8,18H2,1H3,(H,19,22)(H,20,21,23);1H/t11-,13+;/m0./s1. The summed E-state index contributed by atoms with van der Waals surface area (Å²) in [4.78, 5) is 27.5. The summed E-state index contributed by atoms with van der Waals surface area (Å²) >= 11 is 1.35. The number of rotatable bonds is 6. The Labute approximate surface area is 162 Å². The molecule has 0 radical (unpaired) electrons. The Kier molecular flexibility index (Phi) is 7.19. The van der Waals surface area contributed by atoms with E-state index in [-0.39, 0.29) is 36.2 Å². The first-order chi connectivity index (χ1) is 12.0. The van der Waals surface area contributed by atoms with E-state index in [1.54, 1.807) is 12.1 Å². The van der Waals surface area contributed by atoms with Crippen LogP contribution in [0.4, 0.5) is 5.13 Å². The third-order valence-electron chi connectivity index (χ3n) is 4.34. The fourth-order valence-corrected chi connectivity index (χ4v) is 3.71. The van der Waals surface area contributed by atoms with E-state index in [9.17, 15) is 9.59 Å². The SMILES string of the molecule is CC(=O)NCc1ccc(-c2csc(NC(=O)C[C@@H]3CCC[C@H]3N)n2)o1.Cl. The number of thiazole rings is 1. The van der Waals surface area contributed by atoms with Crippen LogP contribution in [0.5, 0.6) is 0 Å². The van der Waals surface area contributed by atoms with E-state index in [0.717, 1.165) is 19.3 Å². The van der Waals surface area contributed by atoms with E-state index >= 15 is 0 Å². The minimum Gasteiger partial charge on any atom is -0.458 e. The number of carbonyl (C=O) groups excluding carboxylic acids is 2. The second-order valence-electron chi connectivity index (χ2n) is 6.32. The van der Waals surface area contributed by atoms with Gasteiger partial charge >= 0.3 is 0 Å². The Morgan fingerprint density at radius 1 is 1.38 bits per heavy atom. The van der Waals surface area contributed by atoms with Crippen LogP contribution in [0, 0.1) is 5.92 Å². The molecule has 26 heavy (non-hydrogen) atoms. The summed E-state index contributed by atoms with van der Waals surface area (Å²) < 4.78 is 5.66. The van der Waals surface area contributed by atoms with Gasteiger partial charge in [-0.3, -0.25) is 9.59 Å². The van der Waals surface area contributed by atoms with E-state index in [1.807, 2.05) is 5.38 Å². The van der Waals surface area contributed by atoms with Gasteiger partial charge in [-0.15, -0.1) is 23.7 Å². The molecule has 0 aliphatic heterocycles. The molecule has 1 aliphatic rings. The minimum absolute atomic E-state index is 0. The van der Waals surface area contributed by atoms with Crippen molar-refractivity contribution in [2.24, 2.45) is 11.7 Å². The molecule has 7 nitrogen and oxygen atoms in total. The molecule has 0 bridgehead atoms. The molecule has 1 aliphatic carbocycles. The number of anilines is 1. The fourth-order valence-electron chi connectivity index (χ4n) is 2.99. The van der Waals surface area contributed by atoms with Crippen molar-refractivity contribution >= 4 is 40.7 Å². The maximum absolute atomic E-state index is 12.1. The average Bonchev–Trinajstić information content (AvgIpc) is 3.27. The Morgan fingerprint density at radius 2 is 2.19 bits per heavy atom. The van der Waals surface area contributed by atoms with Crippen molar-refractivity contribution in [2.45, 2.75) is 45.2 Å². The molecule has 0 spiro atoms. The quantitative estimate of drug-likeness (QED) is 0.692. The number of hydrogen-bond donors (Lipinski definition) is 3.